The number of aliphatic hydroxyl groups excluding tert-OH is 1. The molecule has 0 aliphatic carbocycles. The summed E-state index contributed by atoms with van der Waals surface area (Å²) < 4.78 is 0. The van der Waals surface area contributed by atoms with Crippen LogP contribution in [0.25, 0.3) is 0 Å². The average molecular weight is 327 g/mol. The van der Waals surface area contributed by atoms with Gasteiger partial charge in [0.25, 0.3) is 0 Å². The van der Waals surface area contributed by atoms with Gasteiger partial charge in [0.1, 0.15) is 0 Å². The molecule has 0 saturated carbocycles. The summed E-state index contributed by atoms with van der Waals surface area (Å²) in [6.45, 7) is 7.88. The third kappa shape index (κ3) is 4.22. The lowest BCUT2D eigenvalue weighted by Crippen LogP contribution is -2.43. The first-order valence-electron chi connectivity index (χ1n) is 7.71. The highest BCUT2D eigenvalue weighted by Gasteiger charge is 2.31. The summed E-state index contributed by atoms with van der Waals surface area (Å²) in [4.78, 5) is 12.5. The van der Waals surface area contributed by atoms with E-state index in [1.807, 2.05) is 26.0 Å². The predicted molar refractivity (Wildman–Crippen MR) is 91.5 cm³/mol. The lowest BCUT2D eigenvalue weighted by atomic mass is 9.83. The number of benzene rings is 1. The van der Waals surface area contributed by atoms with Crippen LogP contribution in [0.4, 0.5) is 0 Å². The van der Waals surface area contributed by atoms with Crippen molar-refractivity contribution in [2.24, 2.45) is 5.92 Å². The third-order valence-electron chi connectivity index (χ3n) is 4.48. The number of hydrogen-bond donors (Lipinski definition) is 3. The highest BCUT2D eigenvalue weighted by atomic mass is 35.5. The van der Waals surface area contributed by atoms with Crippen LogP contribution in [-0.4, -0.2) is 36.8 Å². The molecule has 2 unspecified atom stereocenters. The quantitative estimate of drug-likeness (QED) is 0.771. The van der Waals surface area contributed by atoms with Crippen molar-refractivity contribution < 1.29 is 9.90 Å². The molecule has 124 valence electrons. The summed E-state index contributed by atoms with van der Waals surface area (Å²) in [6, 6.07) is 8.22. The highest BCUT2D eigenvalue weighted by Crippen LogP contribution is 2.24. The van der Waals surface area contributed by atoms with Gasteiger partial charge in [0, 0.05) is 25.6 Å². The number of β-amino-alcohol motifs (C(OH)–C–C–N with tert-alkyl or cyclic N) is 1. The van der Waals surface area contributed by atoms with Crippen LogP contribution in [0.15, 0.2) is 24.3 Å². The van der Waals surface area contributed by atoms with Gasteiger partial charge < -0.3 is 15.7 Å². The molecule has 5 heteroatoms. The fourth-order valence-corrected chi connectivity index (χ4v) is 2.66. The number of rotatable bonds is 5. The second kappa shape index (κ2) is 7.95. The molecule has 1 aromatic rings. The molecule has 0 aromatic heterocycles. The number of amides is 1. The predicted octanol–water partition coefficient (Wildman–Crippen LogP) is 1.64. The Hall–Kier alpha value is -1.10. The van der Waals surface area contributed by atoms with Crippen LogP contribution in [0.3, 0.4) is 0 Å². The molecule has 0 radical (unpaired) electrons. The number of hydrogen-bond acceptors (Lipinski definition) is 3. The van der Waals surface area contributed by atoms with Gasteiger partial charge in [-0.25, -0.2) is 0 Å². The van der Waals surface area contributed by atoms with Crippen molar-refractivity contribution in [2.75, 3.05) is 19.6 Å². The largest absolute Gasteiger partial charge is 0.391 e. The molecule has 0 bridgehead atoms. The van der Waals surface area contributed by atoms with Crippen LogP contribution < -0.4 is 10.6 Å². The smallest absolute Gasteiger partial charge is 0.230 e. The van der Waals surface area contributed by atoms with E-state index in [0.717, 1.165) is 18.5 Å². The molecule has 1 saturated heterocycles. The first kappa shape index (κ1) is 18.9. The first-order valence-corrected chi connectivity index (χ1v) is 7.71. The molecule has 3 N–H and O–H groups in total. The molecular weight excluding hydrogens is 300 g/mol. The van der Waals surface area contributed by atoms with Gasteiger partial charge >= 0.3 is 0 Å². The topological polar surface area (TPSA) is 61.4 Å². The summed E-state index contributed by atoms with van der Waals surface area (Å²) in [5.74, 6) is 0.109. The summed E-state index contributed by atoms with van der Waals surface area (Å²) in [7, 11) is 0. The summed E-state index contributed by atoms with van der Waals surface area (Å²) >= 11 is 0. The maximum absolute atomic E-state index is 12.5. The number of aryl methyl sites for hydroxylation is 1. The van der Waals surface area contributed by atoms with E-state index in [1.54, 1.807) is 0 Å². The summed E-state index contributed by atoms with van der Waals surface area (Å²) in [6.07, 6.45) is 0.636. The van der Waals surface area contributed by atoms with Gasteiger partial charge in [-0.3, -0.25) is 4.79 Å². The average Bonchev–Trinajstić information content (AvgIpc) is 2.90. The number of nitrogens with one attached hydrogen (secondary N) is 2. The standard InChI is InChI=1S/C17H26N2O2.ClH/c1-4-12-5-7-14(8-6-12)17(2,3)16(21)19-10-13-9-18-11-15(13)20;/h5-8,13,15,18,20H,4,9-11H2,1-3H3,(H,19,21);1H. The van der Waals surface area contributed by atoms with Crippen LogP contribution in [0.2, 0.25) is 0 Å². The van der Waals surface area contributed by atoms with Crippen LogP contribution in [-0.2, 0) is 16.6 Å². The molecule has 4 nitrogen and oxygen atoms in total. The van der Waals surface area contributed by atoms with Crippen molar-refractivity contribution in [2.45, 2.75) is 38.7 Å². The van der Waals surface area contributed by atoms with E-state index in [9.17, 15) is 9.90 Å². The van der Waals surface area contributed by atoms with Gasteiger partial charge in [-0.15, -0.1) is 12.4 Å². The molecule has 1 aromatic carbocycles. The van der Waals surface area contributed by atoms with Gasteiger partial charge in [-0.1, -0.05) is 31.2 Å². The molecule has 1 heterocycles. The molecule has 0 spiro atoms. The maximum atomic E-state index is 12.5. The zero-order valence-corrected chi connectivity index (χ0v) is 14.4. The number of aliphatic hydroxyl groups is 1. The normalized spacial score (nSPS) is 21.3. The fourth-order valence-electron chi connectivity index (χ4n) is 2.66. The molecule has 1 aliphatic rings. The van der Waals surface area contributed by atoms with Gasteiger partial charge in [0.05, 0.1) is 11.5 Å². The second-order valence-electron chi connectivity index (χ2n) is 6.37. The molecular formula is C17H27ClN2O2. The van der Waals surface area contributed by atoms with Crippen molar-refractivity contribution in [1.29, 1.82) is 0 Å². The van der Waals surface area contributed by atoms with E-state index in [4.69, 9.17) is 0 Å². The zero-order chi connectivity index (χ0) is 15.5. The van der Waals surface area contributed by atoms with Crippen molar-refractivity contribution in [3.8, 4) is 0 Å². The van der Waals surface area contributed by atoms with E-state index >= 15 is 0 Å². The Kier molecular flexibility index (Phi) is 6.85. The number of carbonyl (C=O) groups excluding carboxylic acids is 1. The Bertz CT molecular complexity index is 488. The minimum Gasteiger partial charge on any atom is -0.391 e. The number of carbonyl (C=O) groups is 1. The third-order valence-corrected chi connectivity index (χ3v) is 4.48. The van der Waals surface area contributed by atoms with Crippen LogP contribution in [0.1, 0.15) is 31.9 Å². The Morgan fingerprint density at radius 2 is 1.95 bits per heavy atom. The van der Waals surface area contributed by atoms with E-state index in [2.05, 4.69) is 29.7 Å². The number of halogens is 1. The molecule has 1 fully saturated rings. The van der Waals surface area contributed by atoms with E-state index in [0.29, 0.717) is 13.1 Å². The van der Waals surface area contributed by atoms with Crippen LogP contribution in [0.5, 0.6) is 0 Å². The second-order valence-corrected chi connectivity index (χ2v) is 6.37. The maximum Gasteiger partial charge on any atom is 0.230 e. The molecule has 2 atom stereocenters. The minimum atomic E-state index is -0.566. The Morgan fingerprint density at radius 3 is 2.45 bits per heavy atom. The molecule has 2 rings (SSSR count). The van der Waals surface area contributed by atoms with Gasteiger partial charge in [-0.05, 0) is 31.4 Å². The zero-order valence-electron chi connectivity index (χ0n) is 13.6. The van der Waals surface area contributed by atoms with Crippen molar-refractivity contribution >= 4 is 18.3 Å². The Balaban J connectivity index is 0.00000242. The van der Waals surface area contributed by atoms with Crippen molar-refractivity contribution in [1.82, 2.24) is 10.6 Å². The Labute approximate surface area is 139 Å². The highest BCUT2D eigenvalue weighted by molar-refractivity contribution is 5.87. The van der Waals surface area contributed by atoms with Crippen LogP contribution in [0, 0.1) is 5.92 Å². The fraction of sp³-hybridized carbons (Fsp3) is 0.588. The molecule has 1 amide bonds. The first-order chi connectivity index (χ1) is 9.95. The van der Waals surface area contributed by atoms with Gasteiger partial charge in [0.15, 0.2) is 0 Å². The van der Waals surface area contributed by atoms with Crippen molar-refractivity contribution in [3.05, 3.63) is 35.4 Å². The summed E-state index contributed by atoms with van der Waals surface area (Å²) in [5.41, 5.74) is 1.72. The van der Waals surface area contributed by atoms with Gasteiger partial charge in [0.2, 0.25) is 5.91 Å². The van der Waals surface area contributed by atoms with Crippen LogP contribution >= 0.6 is 12.4 Å². The summed E-state index contributed by atoms with van der Waals surface area (Å²) in [5, 5.41) is 15.9. The van der Waals surface area contributed by atoms with E-state index in [1.165, 1.54) is 5.56 Å². The molecule has 1 aliphatic heterocycles. The van der Waals surface area contributed by atoms with Gasteiger partial charge in [-0.2, -0.15) is 0 Å². The van der Waals surface area contributed by atoms with E-state index in [-0.39, 0.29) is 30.3 Å². The van der Waals surface area contributed by atoms with E-state index < -0.39 is 5.41 Å². The molecule has 22 heavy (non-hydrogen) atoms. The SMILES string of the molecule is CCc1ccc(C(C)(C)C(=O)NCC2CNCC2O)cc1.Cl. The minimum absolute atomic E-state index is 0. The van der Waals surface area contributed by atoms with Crippen molar-refractivity contribution in [3.63, 3.8) is 0 Å². The lowest BCUT2D eigenvalue weighted by molar-refractivity contribution is -0.125. The monoisotopic (exact) mass is 326 g/mol. The Morgan fingerprint density at radius 1 is 1.32 bits per heavy atom. The lowest BCUT2D eigenvalue weighted by Gasteiger charge is -2.26.